The molecule has 3 nitrogen and oxygen atoms in total. The fourth-order valence-corrected chi connectivity index (χ4v) is 1.28. The van der Waals surface area contributed by atoms with Gasteiger partial charge < -0.3 is 0 Å². The maximum absolute atomic E-state index is 4.55. The summed E-state index contributed by atoms with van der Waals surface area (Å²) in [4.78, 5) is 4.55. The summed E-state index contributed by atoms with van der Waals surface area (Å²) >= 11 is 0. The molecule has 66 valence electrons. The molecule has 0 unspecified atom stereocenters. The van der Waals surface area contributed by atoms with Gasteiger partial charge in [-0.2, -0.15) is 10.2 Å². The molecule has 2 rings (SSSR count). The standard InChI is InChI=1S/C10H11N3/c1-10(2)5-3-4-8-6-11-12-7-9(8)13-10/h3-7H,1-2H3. The highest BCUT2D eigenvalue weighted by Crippen LogP contribution is 2.09. The minimum absolute atomic E-state index is 0.148. The third-order valence-corrected chi connectivity index (χ3v) is 1.93. The number of allylic oxidation sites excluding steroid dienone is 1. The lowest BCUT2D eigenvalue weighted by atomic mass is 10.1. The molecule has 1 aromatic heterocycles. The molecule has 13 heavy (non-hydrogen) atoms. The van der Waals surface area contributed by atoms with E-state index in [-0.39, 0.29) is 5.54 Å². The van der Waals surface area contributed by atoms with Crippen molar-refractivity contribution in [2.24, 2.45) is 4.99 Å². The van der Waals surface area contributed by atoms with Crippen LogP contribution in [0.3, 0.4) is 0 Å². The number of hydrogen-bond acceptors (Lipinski definition) is 3. The van der Waals surface area contributed by atoms with Gasteiger partial charge in [0.05, 0.1) is 23.3 Å². The predicted molar refractivity (Wildman–Crippen MR) is 50.5 cm³/mol. The van der Waals surface area contributed by atoms with Gasteiger partial charge in [-0.05, 0) is 13.8 Å². The summed E-state index contributed by atoms with van der Waals surface area (Å²) in [6, 6.07) is 0. The fraction of sp³-hybridized carbons (Fsp3) is 0.300. The SMILES string of the molecule is CC1(C)C=CC=c2cnncc2=N1. The van der Waals surface area contributed by atoms with Crippen LogP contribution in [0.15, 0.2) is 29.5 Å². The maximum Gasteiger partial charge on any atom is 0.0874 e. The third kappa shape index (κ3) is 1.64. The molecule has 0 N–H and O–H groups in total. The zero-order valence-electron chi connectivity index (χ0n) is 7.73. The van der Waals surface area contributed by atoms with Crippen molar-refractivity contribution in [2.75, 3.05) is 0 Å². The molecule has 3 heteroatoms. The van der Waals surface area contributed by atoms with Crippen molar-refractivity contribution in [1.82, 2.24) is 10.2 Å². The van der Waals surface area contributed by atoms with E-state index in [4.69, 9.17) is 0 Å². The van der Waals surface area contributed by atoms with Crippen molar-refractivity contribution < 1.29 is 0 Å². The van der Waals surface area contributed by atoms with Gasteiger partial charge in [0.25, 0.3) is 0 Å². The van der Waals surface area contributed by atoms with Gasteiger partial charge >= 0.3 is 0 Å². The summed E-state index contributed by atoms with van der Waals surface area (Å²) in [5.74, 6) is 0. The lowest BCUT2D eigenvalue weighted by Crippen LogP contribution is -2.29. The molecule has 1 aliphatic rings. The highest BCUT2D eigenvalue weighted by atomic mass is 15.1. The zero-order chi connectivity index (χ0) is 9.31. The van der Waals surface area contributed by atoms with E-state index in [2.05, 4.69) is 35.1 Å². The molecule has 1 aromatic rings. The van der Waals surface area contributed by atoms with Crippen LogP contribution in [0.2, 0.25) is 0 Å². The second-order valence-electron chi connectivity index (χ2n) is 3.62. The number of fused-ring (bicyclic) bond motifs is 1. The van der Waals surface area contributed by atoms with Crippen LogP contribution in [0.25, 0.3) is 6.08 Å². The van der Waals surface area contributed by atoms with E-state index in [0.29, 0.717) is 0 Å². The molecule has 0 spiro atoms. The van der Waals surface area contributed by atoms with Gasteiger partial charge in [0.15, 0.2) is 0 Å². The second kappa shape index (κ2) is 2.76. The van der Waals surface area contributed by atoms with Crippen molar-refractivity contribution in [3.05, 3.63) is 35.1 Å². The Labute approximate surface area is 76.5 Å². The summed E-state index contributed by atoms with van der Waals surface area (Å²) < 4.78 is 0. The largest absolute Gasteiger partial charge is 0.273 e. The van der Waals surface area contributed by atoms with E-state index in [1.54, 1.807) is 12.4 Å². The Bertz CT molecular complexity index is 457. The maximum atomic E-state index is 4.55. The number of nitrogens with zero attached hydrogens (tertiary/aromatic N) is 3. The van der Waals surface area contributed by atoms with Gasteiger partial charge in [0.1, 0.15) is 0 Å². The smallest absolute Gasteiger partial charge is 0.0874 e. The molecule has 0 radical (unpaired) electrons. The number of rotatable bonds is 0. The molecule has 0 bridgehead atoms. The van der Waals surface area contributed by atoms with Crippen molar-refractivity contribution in [3.8, 4) is 0 Å². The molecule has 0 aromatic carbocycles. The Hall–Kier alpha value is -1.51. The summed E-state index contributed by atoms with van der Waals surface area (Å²) in [6.07, 6.45) is 9.50. The Morgan fingerprint density at radius 1 is 1.15 bits per heavy atom. The minimum Gasteiger partial charge on any atom is -0.273 e. The lowest BCUT2D eigenvalue weighted by Gasteiger charge is -2.11. The average molecular weight is 173 g/mol. The fourth-order valence-electron chi connectivity index (χ4n) is 1.28. The molecule has 0 saturated heterocycles. The molecule has 1 aliphatic heterocycles. The molecule has 0 aliphatic carbocycles. The van der Waals surface area contributed by atoms with Crippen molar-refractivity contribution in [2.45, 2.75) is 19.4 Å². The van der Waals surface area contributed by atoms with Gasteiger partial charge in [0, 0.05) is 5.22 Å². The highest BCUT2D eigenvalue weighted by Gasteiger charge is 2.11. The molecule has 0 atom stereocenters. The van der Waals surface area contributed by atoms with E-state index in [1.807, 2.05) is 12.2 Å². The van der Waals surface area contributed by atoms with Crippen LogP contribution < -0.4 is 10.6 Å². The Balaban J connectivity index is 2.77. The summed E-state index contributed by atoms with van der Waals surface area (Å²) in [5, 5.41) is 9.56. The Morgan fingerprint density at radius 3 is 2.77 bits per heavy atom. The van der Waals surface area contributed by atoms with Crippen molar-refractivity contribution in [3.63, 3.8) is 0 Å². The average Bonchev–Trinajstić information content (AvgIpc) is 2.21. The topological polar surface area (TPSA) is 38.1 Å². The van der Waals surface area contributed by atoms with E-state index < -0.39 is 0 Å². The summed E-state index contributed by atoms with van der Waals surface area (Å²) in [6.45, 7) is 4.12. The van der Waals surface area contributed by atoms with Crippen LogP contribution in [-0.2, 0) is 0 Å². The molecule has 0 saturated carbocycles. The van der Waals surface area contributed by atoms with Gasteiger partial charge in [0.2, 0.25) is 0 Å². The van der Waals surface area contributed by atoms with E-state index in [1.165, 1.54) is 0 Å². The van der Waals surface area contributed by atoms with Crippen LogP contribution >= 0.6 is 0 Å². The molecular formula is C10H11N3. The van der Waals surface area contributed by atoms with E-state index >= 15 is 0 Å². The van der Waals surface area contributed by atoms with Crippen molar-refractivity contribution >= 4 is 6.08 Å². The predicted octanol–water partition coefficient (Wildman–Crippen LogP) is 0.225. The lowest BCUT2D eigenvalue weighted by molar-refractivity contribution is 0.636. The van der Waals surface area contributed by atoms with Gasteiger partial charge in [-0.1, -0.05) is 18.2 Å². The molecule has 0 amide bonds. The first-order valence-electron chi connectivity index (χ1n) is 4.23. The molecular weight excluding hydrogens is 162 g/mol. The van der Waals surface area contributed by atoms with E-state index in [9.17, 15) is 0 Å². The van der Waals surface area contributed by atoms with E-state index in [0.717, 1.165) is 10.6 Å². The normalized spacial score (nSPS) is 18.0. The van der Waals surface area contributed by atoms with Crippen LogP contribution in [0.1, 0.15) is 13.8 Å². The number of hydrogen-bond donors (Lipinski definition) is 0. The summed E-state index contributed by atoms with van der Waals surface area (Å²) in [7, 11) is 0. The quantitative estimate of drug-likeness (QED) is 0.563. The first-order valence-corrected chi connectivity index (χ1v) is 4.23. The van der Waals surface area contributed by atoms with Crippen molar-refractivity contribution in [1.29, 1.82) is 0 Å². The minimum atomic E-state index is -0.148. The highest BCUT2D eigenvalue weighted by molar-refractivity contribution is 5.38. The van der Waals surface area contributed by atoms with Crippen LogP contribution in [0, 0.1) is 0 Å². The van der Waals surface area contributed by atoms with Crippen LogP contribution in [-0.4, -0.2) is 15.7 Å². The number of aromatic nitrogens is 2. The Morgan fingerprint density at radius 2 is 1.92 bits per heavy atom. The first kappa shape index (κ1) is 8.10. The second-order valence-corrected chi connectivity index (χ2v) is 3.62. The van der Waals surface area contributed by atoms with Gasteiger partial charge in [-0.25, -0.2) is 0 Å². The zero-order valence-corrected chi connectivity index (χ0v) is 7.73. The monoisotopic (exact) mass is 173 g/mol. The van der Waals surface area contributed by atoms with Gasteiger partial charge in [-0.3, -0.25) is 4.99 Å². The van der Waals surface area contributed by atoms with Gasteiger partial charge in [-0.15, -0.1) is 0 Å². The third-order valence-electron chi connectivity index (χ3n) is 1.93. The molecule has 0 fully saturated rings. The van der Waals surface area contributed by atoms with Crippen LogP contribution in [0.4, 0.5) is 0 Å². The Kier molecular flexibility index (Phi) is 1.72. The molecule has 2 heterocycles. The summed E-state index contributed by atoms with van der Waals surface area (Å²) in [5.41, 5.74) is -0.148. The van der Waals surface area contributed by atoms with Crippen LogP contribution in [0.5, 0.6) is 0 Å². The first-order chi connectivity index (χ1) is 6.17.